The van der Waals surface area contributed by atoms with E-state index < -0.39 is 0 Å². The molecule has 1 rings (SSSR count). The SMILES string of the molecule is NCCOCC(=O)NCc1ccc(CO)cc1. The standard InChI is InChI=1S/C12H18N2O3/c13-5-6-17-9-12(16)14-7-10-1-3-11(8-15)4-2-10/h1-4,15H,5-9,13H2,(H,14,16). The van der Waals surface area contributed by atoms with Crippen molar-refractivity contribution >= 4 is 5.91 Å². The molecule has 5 heteroatoms. The second-order valence-corrected chi connectivity index (χ2v) is 3.59. The maximum Gasteiger partial charge on any atom is 0.246 e. The molecule has 0 aliphatic carbocycles. The van der Waals surface area contributed by atoms with Crippen molar-refractivity contribution in [3.8, 4) is 0 Å². The van der Waals surface area contributed by atoms with Gasteiger partial charge in [-0.3, -0.25) is 4.79 Å². The smallest absolute Gasteiger partial charge is 0.246 e. The number of nitrogens with two attached hydrogens (primary N) is 1. The highest BCUT2D eigenvalue weighted by atomic mass is 16.5. The van der Waals surface area contributed by atoms with Crippen molar-refractivity contribution in [1.29, 1.82) is 0 Å². The van der Waals surface area contributed by atoms with Gasteiger partial charge in [-0.1, -0.05) is 24.3 Å². The molecule has 1 aromatic rings. The highest BCUT2D eigenvalue weighted by Crippen LogP contribution is 2.03. The lowest BCUT2D eigenvalue weighted by Gasteiger charge is -2.06. The lowest BCUT2D eigenvalue weighted by atomic mass is 10.1. The van der Waals surface area contributed by atoms with E-state index in [-0.39, 0.29) is 19.1 Å². The zero-order valence-electron chi connectivity index (χ0n) is 9.69. The van der Waals surface area contributed by atoms with Crippen LogP contribution in [0.15, 0.2) is 24.3 Å². The summed E-state index contributed by atoms with van der Waals surface area (Å²) in [4.78, 5) is 11.3. The summed E-state index contributed by atoms with van der Waals surface area (Å²) in [5.41, 5.74) is 7.06. The Hall–Kier alpha value is -1.43. The van der Waals surface area contributed by atoms with Gasteiger partial charge in [0.2, 0.25) is 5.91 Å². The Morgan fingerprint density at radius 3 is 2.53 bits per heavy atom. The van der Waals surface area contributed by atoms with Crippen LogP contribution in [0.3, 0.4) is 0 Å². The van der Waals surface area contributed by atoms with E-state index in [1.807, 2.05) is 24.3 Å². The summed E-state index contributed by atoms with van der Waals surface area (Å²) in [5.74, 6) is -0.162. The Bertz CT molecular complexity index is 338. The summed E-state index contributed by atoms with van der Waals surface area (Å²) in [6.45, 7) is 1.32. The molecule has 94 valence electrons. The first-order valence-corrected chi connectivity index (χ1v) is 5.49. The Morgan fingerprint density at radius 1 is 1.29 bits per heavy atom. The molecule has 5 nitrogen and oxygen atoms in total. The maximum atomic E-state index is 11.3. The summed E-state index contributed by atoms with van der Waals surface area (Å²) in [6, 6.07) is 7.39. The minimum Gasteiger partial charge on any atom is -0.392 e. The van der Waals surface area contributed by atoms with E-state index in [4.69, 9.17) is 15.6 Å². The van der Waals surface area contributed by atoms with Gasteiger partial charge in [0.25, 0.3) is 0 Å². The quantitative estimate of drug-likeness (QED) is 0.573. The molecule has 0 unspecified atom stereocenters. The highest BCUT2D eigenvalue weighted by molar-refractivity contribution is 5.77. The number of amides is 1. The van der Waals surface area contributed by atoms with Crippen LogP contribution in [0.5, 0.6) is 0 Å². The van der Waals surface area contributed by atoms with Crippen molar-refractivity contribution in [2.24, 2.45) is 5.73 Å². The molecule has 0 aromatic heterocycles. The molecule has 0 atom stereocenters. The molecular formula is C12H18N2O3. The summed E-state index contributed by atoms with van der Waals surface area (Å²) in [7, 11) is 0. The normalized spacial score (nSPS) is 10.2. The van der Waals surface area contributed by atoms with Gasteiger partial charge in [0.15, 0.2) is 0 Å². The molecule has 0 saturated carbocycles. The number of carbonyl (C=O) groups is 1. The van der Waals surface area contributed by atoms with E-state index in [9.17, 15) is 4.79 Å². The Balaban J connectivity index is 2.27. The fourth-order valence-electron chi connectivity index (χ4n) is 1.26. The topological polar surface area (TPSA) is 84.6 Å². The highest BCUT2D eigenvalue weighted by Gasteiger charge is 2.01. The molecule has 0 radical (unpaired) electrons. The first-order chi connectivity index (χ1) is 8.26. The van der Waals surface area contributed by atoms with Crippen LogP contribution in [0, 0.1) is 0 Å². The molecular weight excluding hydrogens is 220 g/mol. The van der Waals surface area contributed by atoms with Crippen LogP contribution >= 0.6 is 0 Å². The molecule has 0 saturated heterocycles. The van der Waals surface area contributed by atoms with E-state index >= 15 is 0 Å². The average molecular weight is 238 g/mol. The number of aliphatic hydroxyl groups is 1. The fraction of sp³-hybridized carbons (Fsp3) is 0.417. The molecule has 0 aliphatic heterocycles. The van der Waals surface area contributed by atoms with Crippen LogP contribution in [0.4, 0.5) is 0 Å². The Kier molecular flexibility index (Phi) is 6.24. The van der Waals surface area contributed by atoms with E-state index in [0.717, 1.165) is 11.1 Å². The van der Waals surface area contributed by atoms with Crippen molar-refractivity contribution in [2.45, 2.75) is 13.2 Å². The number of hydrogen-bond donors (Lipinski definition) is 3. The number of carbonyl (C=O) groups excluding carboxylic acids is 1. The molecule has 17 heavy (non-hydrogen) atoms. The van der Waals surface area contributed by atoms with Crippen LogP contribution in [-0.4, -0.2) is 30.8 Å². The van der Waals surface area contributed by atoms with Gasteiger partial charge in [-0.15, -0.1) is 0 Å². The van der Waals surface area contributed by atoms with Gasteiger partial charge in [-0.25, -0.2) is 0 Å². The number of nitrogens with one attached hydrogen (secondary N) is 1. The van der Waals surface area contributed by atoms with Crippen LogP contribution < -0.4 is 11.1 Å². The third-order valence-corrected chi connectivity index (χ3v) is 2.19. The van der Waals surface area contributed by atoms with E-state index in [1.54, 1.807) is 0 Å². The van der Waals surface area contributed by atoms with Gasteiger partial charge < -0.3 is 20.9 Å². The predicted octanol–water partition coefficient (Wildman–Crippen LogP) is -0.230. The monoisotopic (exact) mass is 238 g/mol. The summed E-state index contributed by atoms with van der Waals surface area (Å²) in [6.07, 6.45) is 0. The van der Waals surface area contributed by atoms with Crippen molar-refractivity contribution in [1.82, 2.24) is 5.32 Å². The van der Waals surface area contributed by atoms with Crippen molar-refractivity contribution in [3.05, 3.63) is 35.4 Å². The third kappa shape index (κ3) is 5.44. The molecule has 1 amide bonds. The minimum absolute atomic E-state index is 0.0273. The lowest BCUT2D eigenvalue weighted by molar-refractivity contribution is -0.125. The number of benzene rings is 1. The van der Waals surface area contributed by atoms with E-state index in [2.05, 4.69) is 5.32 Å². The van der Waals surface area contributed by atoms with Gasteiger partial charge in [0, 0.05) is 13.1 Å². The van der Waals surface area contributed by atoms with Crippen molar-refractivity contribution < 1.29 is 14.6 Å². The summed E-state index contributed by atoms with van der Waals surface area (Å²) in [5, 5.41) is 11.6. The van der Waals surface area contributed by atoms with E-state index in [0.29, 0.717) is 19.7 Å². The van der Waals surface area contributed by atoms with Crippen LogP contribution in [0.1, 0.15) is 11.1 Å². The molecule has 1 aromatic carbocycles. The molecule has 0 aliphatic rings. The number of ether oxygens (including phenoxy) is 1. The second kappa shape index (κ2) is 7.78. The summed E-state index contributed by atoms with van der Waals surface area (Å²) >= 11 is 0. The number of hydrogen-bond acceptors (Lipinski definition) is 4. The molecule has 0 fully saturated rings. The molecule has 0 bridgehead atoms. The Labute approximate surface area is 101 Å². The first-order valence-electron chi connectivity index (χ1n) is 5.49. The Morgan fingerprint density at radius 2 is 1.94 bits per heavy atom. The van der Waals surface area contributed by atoms with Gasteiger partial charge in [0.1, 0.15) is 6.61 Å². The second-order valence-electron chi connectivity index (χ2n) is 3.59. The van der Waals surface area contributed by atoms with Gasteiger partial charge in [0.05, 0.1) is 13.2 Å². The van der Waals surface area contributed by atoms with Crippen molar-refractivity contribution in [3.63, 3.8) is 0 Å². The van der Waals surface area contributed by atoms with Gasteiger partial charge in [-0.2, -0.15) is 0 Å². The number of aliphatic hydroxyl groups excluding tert-OH is 1. The van der Waals surface area contributed by atoms with Gasteiger partial charge >= 0.3 is 0 Å². The van der Waals surface area contributed by atoms with Crippen LogP contribution in [-0.2, 0) is 22.7 Å². The zero-order valence-corrected chi connectivity index (χ0v) is 9.69. The minimum atomic E-state index is -0.162. The largest absolute Gasteiger partial charge is 0.392 e. The number of rotatable bonds is 7. The van der Waals surface area contributed by atoms with E-state index in [1.165, 1.54) is 0 Å². The third-order valence-electron chi connectivity index (χ3n) is 2.19. The predicted molar refractivity (Wildman–Crippen MR) is 64.1 cm³/mol. The first kappa shape index (κ1) is 13.6. The van der Waals surface area contributed by atoms with Crippen LogP contribution in [0.25, 0.3) is 0 Å². The molecule has 0 heterocycles. The zero-order chi connectivity index (χ0) is 12.5. The fourth-order valence-corrected chi connectivity index (χ4v) is 1.26. The molecule has 4 N–H and O–H groups in total. The summed E-state index contributed by atoms with van der Waals surface area (Å²) < 4.78 is 5.00. The average Bonchev–Trinajstić information content (AvgIpc) is 2.37. The lowest BCUT2D eigenvalue weighted by Crippen LogP contribution is -2.28. The van der Waals surface area contributed by atoms with Crippen molar-refractivity contribution in [2.75, 3.05) is 19.8 Å². The molecule has 0 spiro atoms. The van der Waals surface area contributed by atoms with Gasteiger partial charge in [-0.05, 0) is 11.1 Å². The van der Waals surface area contributed by atoms with Crippen LogP contribution in [0.2, 0.25) is 0 Å². The maximum absolute atomic E-state index is 11.3.